The second-order valence-electron chi connectivity index (χ2n) is 3.05. The Kier molecular flexibility index (Phi) is 4.40. The zero-order valence-corrected chi connectivity index (χ0v) is 9.01. The van der Waals surface area contributed by atoms with Gasteiger partial charge in [0.05, 0.1) is 10.3 Å². The van der Waals surface area contributed by atoms with E-state index in [1.807, 2.05) is 0 Å². The molecule has 2 nitrogen and oxygen atoms in total. The molecule has 1 saturated carbocycles. The van der Waals surface area contributed by atoms with Crippen molar-refractivity contribution >= 4 is 33.9 Å². The Balaban J connectivity index is 2.31. The smallest absolute Gasteiger partial charge is 0.0630 e. The van der Waals surface area contributed by atoms with Crippen molar-refractivity contribution in [2.75, 3.05) is 5.75 Å². The lowest BCUT2D eigenvalue weighted by Crippen LogP contribution is -2.13. The minimum absolute atomic E-state index is 0.221. The highest BCUT2D eigenvalue weighted by molar-refractivity contribution is 8.23. The van der Waals surface area contributed by atoms with E-state index in [4.69, 9.17) is 22.9 Å². The Labute approximate surface area is 88.2 Å². The van der Waals surface area contributed by atoms with Gasteiger partial charge in [-0.3, -0.25) is 0 Å². The molecule has 0 spiro atoms. The van der Waals surface area contributed by atoms with Crippen molar-refractivity contribution in [3.05, 3.63) is 0 Å². The summed E-state index contributed by atoms with van der Waals surface area (Å²) >= 11 is 6.79. The fraction of sp³-hybridized carbons (Fsp3) is 0.667. The van der Waals surface area contributed by atoms with Crippen molar-refractivity contribution in [2.45, 2.75) is 25.7 Å². The molecular formula is C9H12N2S2. The number of hydrogen-bond donors (Lipinski definition) is 1. The van der Waals surface area contributed by atoms with E-state index in [1.165, 1.54) is 0 Å². The third kappa shape index (κ3) is 3.09. The lowest BCUT2D eigenvalue weighted by molar-refractivity contribution is 0.825. The summed E-state index contributed by atoms with van der Waals surface area (Å²) in [6, 6.07) is 2.09. The Morgan fingerprint density at radius 2 is 2.54 bits per heavy atom. The van der Waals surface area contributed by atoms with E-state index in [0.29, 0.717) is 6.42 Å². The molecule has 0 unspecified atom stereocenters. The van der Waals surface area contributed by atoms with Crippen molar-refractivity contribution in [3.8, 4) is 6.07 Å². The largest absolute Gasteiger partial charge is 0.309 e. The van der Waals surface area contributed by atoms with Crippen molar-refractivity contribution in [1.82, 2.24) is 0 Å². The first kappa shape index (κ1) is 10.7. The number of nitrogens with one attached hydrogen (secondary N) is 1. The van der Waals surface area contributed by atoms with Crippen LogP contribution in [0.1, 0.15) is 25.7 Å². The van der Waals surface area contributed by atoms with E-state index >= 15 is 0 Å². The molecule has 0 aliphatic heterocycles. The summed E-state index contributed by atoms with van der Waals surface area (Å²) in [6.45, 7) is 0. The molecule has 0 saturated heterocycles. The van der Waals surface area contributed by atoms with E-state index in [-0.39, 0.29) is 5.92 Å². The predicted octanol–water partition coefficient (Wildman–Crippen LogP) is 2.78. The minimum Gasteiger partial charge on any atom is -0.309 e. The molecule has 70 valence electrons. The normalized spacial score (nSPS) is 21.5. The molecule has 1 fully saturated rings. The summed E-state index contributed by atoms with van der Waals surface area (Å²) in [4.78, 5) is 0. The maximum atomic E-state index is 8.35. The lowest BCUT2D eigenvalue weighted by Gasteiger charge is -2.09. The van der Waals surface area contributed by atoms with Gasteiger partial charge in [0.15, 0.2) is 0 Å². The zero-order chi connectivity index (χ0) is 9.68. The van der Waals surface area contributed by atoms with Crippen LogP contribution in [0.5, 0.6) is 0 Å². The number of nitriles is 1. The maximum Gasteiger partial charge on any atom is 0.0630 e. The molecule has 0 aromatic rings. The number of thiocarbonyl (C=S) groups is 1. The Hall–Kier alpha value is -0.400. The predicted molar refractivity (Wildman–Crippen MR) is 60.4 cm³/mol. The Bertz CT molecular complexity index is 255. The highest BCUT2D eigenvalue weighted by Gasteiger charge is 2.24. The fourth-order valence-corrected chi connectivity index (χ4v) is 2.77. The van der Waals surface area contributed by atoms with Gasteiger partial charge in [-0.15, -0.1) is 11.8 Å². The van der Waals surface area contributed by atoms with Crippen molar-refractivity contribution < 1.29 is 0 Å². The summed E-state index contributed by atoms with van der Waals surface area (Å²) in [5.74, 6) is 0.998. The van der Waals surface area contributed by atoms with E-state index in [9.17, 15) is 0 Å². The summed E-state index contributed by atoms with van der Waals surface area (Å²) < 4.78 is 0.915. The molecule has 0 radical (unpaired) electrons. The SMILES string of the molecule is N#CCCSC(=S)[C@@H]1CCCC1=N. The van der Waals surface area contributed by atoms with Crippen LogP contribution in [0.15, 0.2) is 0 Å². The maximum absolute atomic E-state index is 8.35. The molecule has 1 N–H and O–H groups in total. The highest BCUT2D eigenvalue weighted by atomic mass is 32.2. The second kappa shape index (κ2) is 5.36. The number of rotatable bonds is 3. The first-order chi connectivity index (χ1) is 6.25. The first-order valence-electron chi connectivity index (χ1n) is 4.36. The van der Waals surface area contributed by atoms with Gasteiger partial charge < -0.3 is 5.41 Å². The van der Waals surface area contributed by atoms with Gasteiger partial charge in [0, 0.05) is 23.8 Å². The van der Waals surface area contributed by atoms with Crippen LogP contribution in [0.2, 0.25) is 0 Å². The van der Waals surface area contributed by atoms with Crippen LogP contribution in [0.3, 0.4) is 0 Å². The van der Waals surface area contributed by atoms with Gasteiger partial charge in [0.1, 0.15) is 0 Å². The Morgan fingerprint density at radius 3 is 3.08 bits per heavy atom. The van der Waals surface area contributed by atoms with Crippen LogP contribution in [0.25, 0.3) is 0 Å². The standard InChI is InChI=1S/C9H12N2S2/c10-5-2-6-13-9(12)7-3-1-4-8(7)11/h7,11H,1-4,6H2/t7-/m1/s1. The van der Waals surface area contributed by atoms with Crippen LogP contribution >= 0.6 is 24.0 Å². The average Bonchev–Trinajstić information content (AvgIpc) is 2.52. The van der Waals surface area contributed by atoms with E-state index < -0.39 is 0 Å². The highest BCUT2D eigenvalue weighted by Crippen LogP contribution is 2.27. The number of thioether (sulfide) groups is 1. The van der Waals surface area contributed by atoms with Gasteiger partial charge in [-0.25, -0.2) is 0 Å². The van der Waals surface area contributed by atoms with Gasteiger partial charge in [0.2, 0.25) is 0 Å². The molecule has 0 amide bonds. The van der Waals surface area contributed by atoms with E-state index in [2.05, 4.69) is 6.07 Å². The summed E-state index contributed by atoms with van der Waals surface area (Å²) in [5, 5.41) is 16.0. The summed E-state index contributed by atoms with van der Waals surface area (Å²) in [5.41, 5.74) is 0.787. The quantitative estimate of drug-likeness (QED) is 0.578. The fourth-order valence-electron chi connectivity index (χ4n) is 1.40. The van der Waals surface area contributed by atoms with Gasteiger partial charge in [-0.05, 0) is 19.3 Å². The lowest BCUT2D eigenvalue weighted by atomic mass is 10.1. The minimum atomic E-state index is 0.221. The van der Waals surface area contributed by atoms with Crippen LogP contribution < -0.4 is 0 Å². The number of nitrogens with zero attached hydrogens (tertiary/aromatic N) is 1. The molecule has 1 rings (SSSR count). The molecule has 1 aliphatic rings. The van der Waals surface area contributed by atoms with E-state index in [1.54, 1.807) is 11.8 Å². The zero-order valence-electron chi connectivity index (χ0n) is 7.38. The molecule has 0 aromatic carbocycles. The van der Waals surface area contributed by atoms with Gasteiger partial charge in [-0.1, -0.05) is 12.2 Å². The molecule has 0 heterocycles. The second-order valence-corrected chi connectivity index (χ2v) is 4.88. The van der Waals surface area contributed by atoms with E-state index in [0.717, 1.165) is 34.9 Å². The van der Waals surface area contributed by atoms with Gasteiger partial charge >= 0.3 is 0 Å². The van der Waals surface area contributed by atoms with Crippen molar-refractivity contribution in [2.24, 2.45) is 5.92 Å². The molecule has 0 bridgehead atoms. The Morgan fingerprint density at radius 1 is 1.77 bits per heavy atom. The van der Waals surface area contributed by atoms with Crippen LogP contribution in [0, 0.1) is 22.7 Å². The van der Waals surface area contributed by atoms with Crippen molar-refractivity contribution in [1.29, 1.82) is 10.7 Å². The van der Waals surface area contributed by atoms with Crippen LogP contribution in [0.4, 0.5) is 0 Å². The van der Waals surface area contributed by atoms with Gasteiger partial charge in [-0.2, -0.15) is 5.26 Å². The van der Waals surface area contributed by atoms with Crippen molar-refractivity contribution in [3.63, 3.8) is 0 Å². The monoisotopic (exact) mass is 212 g/mol. The molecular weight excluding hydrogens is 200 g/mol. The topological polar surface area (TPSA) is 47.6 Å². The summed E-state index contributed by atoms with van der Waals surface area (Å²) in [6.07, 6.45) is 3.59. The molecule has 1 atom stereocenters. The van der Waals surface area contributed by atoms with Crippen LogP contribution in [-0.4, -0.2) is 15.7 Å². The summed E-state index contributed by atoms with van der Waals surface area (Å²) in [7, 11) is 0. The molecule has 4 heteroatoms. The molecule has 0 aromatic heterocycles. The van der Waals surface area contributed by atoms with Crippen LogP contribution in [-0.2, 0) is 0 Å². The third-order valence-electron chi connectivity index (χ3n) is 2.10. The number of hydrogen-bond acceptors (Lipinski definition) is 4. The molecule has 1 aliphatic carbocycles. The van der Waals surface area contributed by atoms with Gasteiger partial charge in [0.25, 0.3) is 0 Å². The third-order valence-corrected chi connectivity index (χ3v) is 3.72. The first-order valence-corrected chi connectivity index (χ1v) is 5.76. The average molecular weight is 212 g/mol. The molecule has 13 heavy (non-hydrogen) atoms.